The zero-order chi connectivity index (χ0) is 30.9. The Morgan fingerprint density at radius 1 is 0.860 bits per heavy atom. The van der Waals surface area contributed by atoms with Crippen LogP contribution in [0.5, 0.6) is 0 Å². The summed E-state index contributed by atoms with van der Waals surface area (Å²) in [5.41, 5.74) is 5.25. The zero-order valence-electron chi connectivity index (χ0n) is 24.2. The number of sulfonamides is 1. The molecule has 0 radical (unpaired) electrons. The van der Waals surface area contributed by atoms with E-state index in [9.17, 15) is 27.3 Å². The highest BCUT2D eigenvalue weighted by molar-refractivity contribution is 7.89. The molecule has 9 nitrogen and oxygen atoms in total. The summed E-state index contributed by atoms with van der Waals surface area (Å²) in [6, 6.07) is 15.3. The van der Waals surface area contributed by atoms with Gasteiger partial charge in [-0.25, -0.2) is 22.3 Å². The maximum Gasteiger partial charge on any atom is 0.254 e. The quantitative estimate of drug-likeness (QED) is 0.457. The average Bonchev–Trinajstić information content (AvgIpc) is 2.99. The van der Waals surface area contributed by atoms with Crippen LogP contribution in [0.15, 0.2) is 53.4 Å². The number of rotatable bonds is 6. The van der Waals surface area contributed by atoms with Crippen molar-refractivity contribution < 1.29 is 22.0 Å². The Morgan fingerprint density at radius 2 is 1.47 bits per heavy atom. The van der Waals surface area contributed by atoms with Gasteiger partial charge in [0.05, 0.1) is 16.9 Å². The summed E-state index contributed by atoms with van der Waals surface area (Å²) in [7, 11) is -4.29. The first-order valence-corrected chi connectivity index (χ1v) is 15.6. The van der Waals surface area contributed by atoms with Crippen molar-refractivity contribution in [2.24, 2.45) is 5.14 Å². The number of amides is 1. The highest BCUT2D eigenvalue weighted by Gasteiger charge is 2.28. The molecular weight excluding hydrogens is 574 g/mol. The molecule has 3 aromatic carbocycles. The second-order valence-corrected chi connectivity index (χ2v) is 12.6. The summed E-state index contributed by atoms with van der Waals surface area (Å²) in [5, 5.41) is 14.7. The molecule has 0 saturated carbocycles. The standard InChI is InChI=1S/C31H34F2N6O3S/c1-21-15-22(2)25(16-24(21)20-36-7-9-37(10-8-36)28-6-4-3-5-23(28)19-34)31(40)39-13-11-38(12-14-39)29-17-26(32)27(33)18-30(29)43(35,41)42/h3-6,15-18H,7-14,20H2,1-2H3,(H2,35,41,42). The van der Waals surface area contributed by atoms with Crippen LogP contribution < -0.4 is 14.9 Å². The number of anilines is 2. The SMILES string of the molecule is Cc1cc(C)c(C(=O)N2CCN(c3cc(F)c(F)cc3S(N)(=O)=O)CC2)cc1CN1CCN(c2ccccc2C#N)CC1. The average molecular weight is 609 g/mol. The fourth-order valence-electron chi connectivity index (χ4n) is 5.84. The molecule has 0 aromatic heterocycles. The first-order chi connectivity index (χ1) is 20.5. The van der Waals surface area contributed by atoms with Crippen LogP contribution in [0.25, 0.3) is 0 Å². The third-order valence-electron chi connectivity index (χ3n) is 8.26. The maximum absolute atomic E-state index is 14.0. The Morgan fingerprint density at radius 3 is 2.12 bits per heavy atom. The van der Waals surface area contributed by atoms with Crippen LogP contribution in [0.2, 0.25) is 0 Å². The van der Waals surface area contributed by atoms with E-state index in [1.165, 1.54) is 0 Å². The minimum atomic E-state index is -4.29. The van der Waals surface area contributed by atoms with Crippen LogP contribution in [0.1, 0.15) is 32.6 Å². The van der Waals surface area contributed by atoms with Crippen LogP contribution in [0.3, 0.4) is 0 Å². The van der Waals surface area contributed by atoms with E-state index in [2.05, 4.69) is 15.9 Å². The molecule has 43 heavy (non-hydrogen) atoms. The van der Waals surface area contributed by atoms with Crippen molar-refractivity contribution >= 4 is 27.3 Å². The lowest BCUT2D eigenvalue weighted by Gasteiger charge is -2.37. The summed E-state index contributed by atoms with van der Waals surface area (Å²) in [5.74, 6) is -2.59. The topological polar surface area (TPSA) is 114 Å². The van der Waals surface area contributed by atoms with Crippen LogP contribution >= 0.6 is 0 Å². The predicted molar refractivity (Wildman–Crippen MR) is 160 cm³/mol. The fraction of sp³-hybridized carbons (Fsp3) is 0.355. The normalized spacial score (nSPS) is 16.3. The van der Waals surface area contributed by atoms with Gasteiger partial charge in [0, 0.05) is 70.5 Å². The molecule has 0 atom stereocenters. The minimum Gasteiger partial charge on any atom is -0.368 e. The number of halogens is 2. The molecule has 2 aliphatic heterocycles. The molecule has 1 amide bonds. The molecule has 0 bridgehead atoms. The Kier molecular flexibility index (Phi) is 8.69. The van der Waals surface area contributed by atoms with Gasteiger partial charge in [-0.1, -0.05) is 18.2 Å². The Balaban J connectivity index is 1.25. The van der Waals surface area contributed by atoms with Crippen molar-refractivity contribution in [1.82, 2.24) is 9.80 Å². The van der Waals surface area contributed by atoms with Gasteiger partial charge < -0.3 is 14.7 Å². The molecule has 12 heteroatoms. The van der Waals surface area contributed by atoms with E-state index in [1.807, 2.05) is 50.2 Å². The minimum absolute atomic E-state index is 0.0153. The molecule has 2 aliphatic rings. The molecule has 0 spiro atoms. The van der Waals surface area contributed by atoms with E-state index in [0.29, 0.717) is 23.7 Å². The third-order valence-corrected chi connectivity index (χ3v) is 9.20. The van der Waals surface area contributed by atoms with E-state index < -0.39 is 26.6 Å². The number of aryl methyl sites for hydroxylation is 2. The number of carbonyl (C=O) groups excluding carboxylic acids is 1. The van der Waals surface area contributed by atoms with Crippen molar-refractivity contribution in [2.75, 3.05) is 62.2 Å². The molecule has 0 unspecified atom stereocenters. The molecule has 3 aromatic rings. The number of primary sulfonamides is 1. The highest BCUT2D eigenvalue weighted by Crippen LogP contribution is 2.29. The van der Waals surface area contributed by atoms with E-state index in [-0.39, 0.29) is 37.8 Å². The van der Waals surface area contributed by atoms with Crippen molar-refractivity contribution in [2.45, 2.75) is 25.3 Å². The maximum atomic E-state index is 14.0. The number of hydrogen-bond donors (Lipinski definition) is 1. The monoisotopic (exact) mass is 608 g/mol. The van der Waals surface area contributed by atoms with Gasteiger partial charge in [0.1, 0.15) is 11.0 Å². The number of para-hydroxylation sites is 1. The molecule has 2 N–H and O–H groups in total. The van der Waals surface area contributed by atoms with Gasteiger partial charge >= 0.3 is 0 Å². The first kappa shape index (κ1) is 30.4. The zero-order valence-corrected chi connectivity index (χ0v) is 25.0. The van der Waals surface area contributed by atoms with E-state index in [4.69, 9.17) is 5.14 Å². The summed E-state index contributed by atoms with van der Waals surface area (Å²) in [6.45, 7) is 8.90. The molecule has 5 rings (SSSR count). The summed E-state index contributed by atoms with van der Waals surface area (Å²) in [6.07, 6.45) is 0. The summed E-state index contributed by atoms with van der Waals surface area (Å²) < 4.78 is 51.9. The molecule has 2 heterocycles. The van der Waals surface area contributed by atoms with E-state index >= 15 is 0 Å². The first-order valence-electron chi connectivity index (χ1n) is 14.1. The number of carbonyl (C=O) groups is 1. The smallest absolute Gasteiger partial charge is 0.254 e. The number of hydrogen-bond acceptors (Lipinski definition) is 7. The largest absolute Gasteiger partial charge is 0.368 e. The van der Waals surface area contributed by atoms with E-state index in [0.717, 1.165) is 54.6 Å². The van der Waals surface area contributed by atoms with Crippen molar-refractivity contribution in [3.63, 3.8) is 0 Å². The third kappa shape index (κ3) is 6.49. The van der Waals surface area contributed by atoms with Gasteiger partial charge in [-0.2, -0.15) is 5.26 Å². The van der Waals surface area contributed by atoms with Crippen molar-refractivity contribution in [1.29, 1.82) is 5.26 Å². The lowest BCUT2D eigenvalue weighted by molar-refractivity contribution is 0.0745. The molecular formula is C31H34F2N6O3S. The van der Waals surface area contributed by atoms with Gasteiger partial charge in [0.25, 0.3) is 5.91 Å². The highest BCUT2D eigenvalue weighted by atomic mass is 32.2. The molecule has 2 saturated heterocycles. The Labute approximate surface area is 250 Å². The number of nitrogens with two attached hydrogens (primary N) is 1. The predicted octanol–water partition coefficient (Wildman–Crippen LogP) is 3.39. The fourth-order valence-corrected chi connectivity index (χ4v) is 6.59. The Bertz CT molecular complexity index is 1690. The van der Waals surface area contributed by atoms with Crippen LogP contribution in [-0.4, -0.2) is 76.5 Å². The van der Waals surface area contributed by atoms with Crippen LogP contribution in [0.4, 0.5) is 20.2 Å². The van der Waals surface area contributed by atoms with Gasteiger partial charge in [-0.15, -0.1) is 0 Å². The molecule has 2 fully saturated rings. The van der Waals surface area contributed by atoms with Crippen LogP contribution in [-0.2, 0) is 16.6 Å². The molecule has 0 aliphatic carbocycles. The number of nitrogens with zero attached hydrogens (tertiary/aromatic N) is 5. The second-order valence-electron chi connectivity index (χ2n) is 11.0. The number of nitriles is 1. The van der Waals surface area contributed by atoms with E-state index in [1.54, 1.807) is 9.80 Å². The number of benzene rings is 3. The second kappa shape index (κ2) is 12.3. The van der Waals surface area contributed by atoms with Crippen molar-refractivity contribution in [3.05, 3.63) is 88.0 Å². The van der Waals surface area contributed by atoms with Gasteiger partial charge in [-0.05, 0) is 54.8 Å². The van der Waals surface area contributed by atoms with Crippen LogP contribution in [0, 0.1) is 36.8 Å². The van der Waals surface area contributed by atoms with Gasteiger partial charge in [-0.3, -0.25) is 9.69 Å². The molecule has 226 valence electrons. The van der Waals surface area contributed by atoms with Gasteiger partial charge in [0.15, 0.2) is 11.6 Å². The van der Waals surface area contributed by atoms with Gasteiger partial charge in [0.2, 0.25) is 10.0 Å². The summed E-state index contributed by atoms with van der Waals surface area (Å²) in [4.78, 5) is 21.0. The van der Waals surface area contributed by atoms with Crippen molar-refractivity contribution in [3.8, 4) is 6.07 Å². The lowest BCUT2D eigenvalue weighted by atomic mass is 9.98. The Hall–Kier alpha value is -4.05. The lowest BCUT2D eigenvalue weighted by Crippen LogP contribution is -2.49. The number of piperazine rings is 2. The summed E-state index contributed by atoms with van der Waals surface area (Å²) >= 11 is 0.